The molecule has 0 bridgehead atoms. The number of hydrogen-bond donors (Lipinski definition) is 2. The first-order chi connectivity index (χ1) is 17.5. The standard InChI is InChI=1S/C29H30N2O5/c1-21(27(32)30-19-22-9-5-3-6-10-22)13-18-26(24-14-16-25(17-15-24)28(33)35-2)31-29(34)36-20-23-11-7-4-8-12-23/h3-18,21,26H,19-20H2,1-2H3,(H,30,32)(H,31,34)/b18-13+/t21-,26?/m1/s1. The Morgan fingerprint density at radius 2 is 1.44 bits per heavy atom. The molecule has 2 atom stereocenters. The molecule has 0 saturated heterocycles. The highest BCUT2D eigenvalue weighted by molar-refractivity contribution is 5.89. The van der Waals surface area contributed by atoms with Gasteiger partial charge in [-0.05, 0) is 28.8 Å². The lowest BCUT2D eigenvalue weighted by Crippen LogP contribution is -2.29. The molecule has 0 aliphatic heterocycles. The highest BCUT2D eigenvalue weighted by Crippen LogP contribution is 2.18. The van der Waals surface area contributed by atoms with Gasteiger partial charge in [-0.2, -0.15) is 0 Å². The fourth-order valence-electron chi connectivity index (χ4n) is 3.39. The summed E-state index contributed by atoms with van der Waals surface area (Å²) in [6.07, 6.45) is 2.87. The fourth-order valence-corrected chi connectivity index (χ4v) is 3.39. The molecule has 3 aromatic rings. The van der Waals surface area contributed by atoms with Gasteiger partial charge in [0.25, 0.3) is 0 Å². The van der Waals surface area contributed by atoms with E-state index in [4.69, 9.17) is 9.47 Å². The van der Waals surface area contributed by atoms with Crippen LogP contribution in [-0.2, 0) is 27.4 Å². The van der Waals surface area contributed by atoms with Crippen LogP contribution in [0.2, 0.25) is 0 Å². The molecule has 186 valence electrons. The largest absolute Gasteiger partial charge is 0.465 e. The summed E-state index contributed by atoms with van der Waals surface area (Å²) < 4.78 is 10.1. The van der Waals surface area contributed by atoms with Crippen LogP contribution in [0.1, 0.15) is 40.0 Å². The third-order valence-electron chi connectivity index (χ3n) is 5.49. The van der Waals surface area contributed by atoms with Gasteiger partial charge in [0, 0.05) is 6.54 Å². The summed E-state index contributed by atoms with van der Waals surface area (Å²) >= 11 is 0. The highest BCUT2D eigenvalue weighted by atomic mass is 16.5. The van der Waals surface area contributed by atoms with Crippen LogP contribution in [0, 0.1) is 5.92 Å². The van der Waals surface area contributed by atoms with Crippen molar-refractivity contribution in [1.29, 1.82) is 0 Å². The number of nitrogens with one attached hydrogen (secondary N) is 2. The van der Waals surface area contributed by atoms with Crippen molar-refractivity contribution in [3.8, 4) is 0 Å². The number of carbonyl (C=O) groups is 3. The van der Waals surface area contributed by atoms with Crippen LogP contribution in [0.5, 0.6) is 0 Å². The van der Waals surface area contributed by atoms with Gasteiger partial charge in [-0.3, -0.25) is 4.79 Å². The summed E-state index contributed by atoms with van der Waals surface area (Å²) in [7, 11) is 1.32. The second-order valence-electron chi connectivity index (χ2n) is 8.17. The Bertz CT molecular complexity index is 1160. The molecule has 0 aromatic heterocycles. The van der Waals surface area contributed by atoms with Crippen LogP contribution in [0.25, 0.3) is 0 Å². The third-order valence-corrected chi connectivity index (χ3v) is 5.49. The highest BCUT2D eigenvalue weighted by Gasteiger charge is 2.16. The van der Waals surface area contributed by atoms with E-state index in [1.165, 1.54) is 7.11 Å². The maximum absolute atomic E-state index is 12.6. The van der Waals surface area contributed by atoms with E-state index >= 15 is 0 Å². The summed E-state index contributed by atoms with van der Waals surface area (Å²) in [5, 5.41) is 5.74. The van der Waals surface area contributed by atoms with Crippen molar-refractivity contribution in [3.05, 3.63) is 119 Å². The summed E-state index contributed by atoms with van der Waals surface area (Å²) in [5.41, 5.74) is 2.98. The molecule has 36 heavy (non-hydrogen) atoms. The summed E-state index contributed by atoms with van der Waals surface area (Å²) in [4.78, 5) is 36.9. The first-order valence-corrected chi connectivity index (χ1v) is 11.6. The lowest BCUT2D eigenvalue weighted by atomic mass is 10.0. The Morgan fingerprint density at radius 3 is 2.06 bits per heavy atom. The van der Waals surface area contributed by atoms with E-state index in [-0.39, 0.29) is 12.5 Å². The fraction of sp³-hybridized carbons (Fsp3) is 0.207. The Kier molecular flexibility index (Phi) is 9.82. The molecule has 0 fully saturated rings. The zero-order valence-corrected chi connectivity index (χ0v) is 20.3. The van der Waals surface area contributed by atoms with E-state index in [1.807, 2.05) is 60.7 Å². The number of benzene rings is 3. The van der Waals surface area contributed by atoms with Crippen LogP contribution >= 0.6 is 0 Å². The molecule has 1 unspecified atom stereocenters. The molecule has 0 saturated carbocycles. The minimum atomic E-state index is -0.605. The van der Waals surface area contributed by atoms with Gasteiger partial charge in [0.1, 0.15) is 6.61 Å². The van der Waals surface area contributed by atoms with Crippen molar-refractivity contribution in [2.45, 2.75) is 26.1 Å². The van der Waals surface area contributed by atoms with Crippen molar-refractivity contribution in [3.63, 3.8) is 0 Å². The van der Waals surface area contributed by atoms with Gasteiger partial charge in [0.15, 0.2) is 0 Å². The van der Waals surface area contributed by atoms with Crippen molar-refractivity contribution in [2.75, 3.05) is 7.11 Å². The first kappa shape index (κ1) is 26.2. The number of rotatable bonds is 10. The normalized spacial score (nSPS) is 12.4. The lowest BCUT2D eigenvalue weighted by molar-refractivity contribution is -0.123. The van der Waals surface area contributed by atoms with E-state index in [0.717, 1.165) is 11.1 Å². The summed E-state index contributed by atoms with van der Waals surface area (Å²) in [5.74, 6) is -1.03. The van der Waals surface area contributed by atoms with E-state index in [9.17, 15) is 14.4 Å². The molecule has 7 nitrogen and oxygen atoms in total. The topological polar surface area (TPSA) is 93.7 Å². The molecule has 0 heterocycles. The predicted octanol–water partition coefficient (Wildman–Crippen LogP) is 4.95. The van der Waals surface area contributed by atoms with E-state index in [0.29, 0.717) is 17.7 Å². The minimum Gasteiger partial charge on any atom is -0.465 e. The molecule has 0 radical (unpaired) electrons. The van der Waals surface area contributed by atoms with Crippen molar-refractivity contribution >= 4 is 18.0 Å². The molecule has 0 spiro atoms. The average molecular weight is 487 g/mol. The van der Waals surface area contributed by atoms with Crippen LogP contribution in [0.3, 0.4) is 0 Å². The van der Waals surface area contributed by atoms with Crippen molar-refractivity contribution in [2.24, 2.45) is 5.92 Å². The van der Waals surface area contributed by atoms with Crippen LogP contribution in [0.15, 0.2) is 97.1 Å². The summed E-state index contributed by atoms with van der Waals surface area (Å²) in [6.45, 7) is 2.34. The Balaban J connectivity index is 1.67. The van der Waals surface area contributed by atoms with Gasteiger partial charge in [-0.15, -0.1) is 0 Å². The van der Waals surface area contributed by atoms with Crippen LogP contribution in [0.4, 0.5) is 4.79 Å². The number of carbonyl (C=O) groups excluding carboxylic acids is 3. The smallest absolute Gasteiger partial charge is 0.408 e. The van der Waals surface area contributed by atoms with E-state index < -0.39 is 24.0 Å². The molecule has 2 N–H and O–H groups in total. The third kappa shape index (κ3) is 8.13. The second kappa shape index (κ2) is 13.5. The number of hydrogen-bond acceptors (Lipinski definition) is 5. The lowest BCUT2D eigenvalue weighted by Gasteiger charge is -2.17. The first-order valence-electron chi connectivity index (χ1n) is 11.6. The number of esters is 1. The molecule has 7 heteroatoms. The molecular formula is C29H30N2O5. The number of amides is 2. The van der Waals surface area contributed by atoms with Crippen molar-refractivity contribution in [1.82, 2.24) is 10.6 Å². The second-order valence-corrected chi connectivity index (χ2v) is 8.17. The Morgan fingerprint density at radius 1 is 0.833 bits per heavy atom. The van der Waals surface area contributed by atoms with E-state index in [2.05, 4.69) is 10.6 Å². The van der Waals surface area contributed by atoms with Gasteiger partial charge in [0.05, 0.1) is 24.6 Å². The van der Waals surface area contributed by atoms with Gasteiger partial charge in [0.2, 0.25) is 5.91 Å². The molecule has 3 rings (SSSR count). The quantitative estimate of drug-likeness (QED) is 0.312. The minimum absolute atomic E-state index is 0.128. The molecule has 0 aliphatic carbocycles. The predicted molar refractivity (Wildman–Crippen MR) is 137 cm³/mol. The van der Waals surface area contributed by atoms with Crippen molar-refractivity contribution < 1.29 is 23.9 Å². The van der Waals surface area contributed by atoms with Gasteiger partial charge >= 0.3 is 12.1 Å². The number of methoxy groups -OCH3 is 1. The molecular weight excluding hydrogens is 456 g/mol. The molecule has 0 aliphatic rings. The summed E-state index contributed by atoms with van der Waals surface area (Å²) in [6, 6.07) is 25.1. The Labute approximate surface area is 211 Å². The van der Waals surface area contributed by atoms with Gasteiger partial charge in [-0.25, -0.2) is 9.59 Å². The average Bonchev–Trinajstić information content (AvgIpc) is 2.93. The number of alkyl carbamates (subject to hydrolysis) is 1. The maximum atomic E-state index is 12.6. The van der Waals surface area contributed by atoms with Crippen LogP contribution < -0.4 is 10.6 Å². The van der Waals surface area contributed by atoms with Gasteiger partial charge in [-0.1, -0.05) is 91.9 Å². The molecule has 2 amide bonds. The van der Waals surface area contributed by atoms with E-state index in [1.54, 1.807) is 43.3 Å². The maximum Gasteiger partial charge on any atom is 0.408 e. The monoisotopic (exact) mass is 486 g/mol. The van der Waals surface area contributed by atoms with Gasteiger partial charge < -0.3 is 20.1 Å². The zero-order chi connectivity index (χ0) is 25.8. The van der Waals surface area contributed by atoms with Crippen LogP contribution in [-0.4, -0.2) is 25.1 Å². The Hall–Kier alpha value is -4.39. The SMILES string of the molecule is COC(=O)c1ccc(C(/C=C/[C@@H](C)C(=O)NCc2ccccc2)NC(=O)OCc2ccccc2)cc1. The number of ether oxygens (including phenoxy) is 2. The zero-order valence-electron chi connectivity index (χ0n) is 20.3. The molecule has 3 aromatic carbocycles.